The van der Waals surface area contributed by atoms with Crippen LogP contribution in [0.3, 0.4) is 0 Å². The first-order chi connectivity index (χ1) is 11.5. The molecule has 0 fully saturated rings. The van der Waals surface area contributed by atoms with Crippen LogP contribution in [-0.4, -0.2) is 29.2 Å². The number of carbonyl (C=O) groups excluding carboxylic acids is 1. The number of hydrogen-bond donors (Lipinski definition) is 2. The van der Waals surface area contributed by atoms with Gasteiger partial charge in [-0.1, -0.05) is 47.0 Å². The smallest absolute Gasteiger partial charge is 0.322 e. The number of urea groups is 1. The van der Waals surface area contributed by atoms with E-state index >= 15 is 0 Å². The van der Waals surface area contributed by atoms with E-state index in [4.69, 9.17) is 28.3 Å². The van der Waals surface area contributed by atoms with Crippen molar-refractivity contribution in [2.45, 2.75) is 19.9 Å². The fraction of sp³-hybridized carbons (Fsp3) is 0.278. The number of benzene rings is 2. The van der Waals surface area contributed by atoms with Crippen molar-refractivity contribution in [2.75, 3.05) is 18.5 Å². The van der Waals surface area contributed by atoms with Gasteiger partial charge in [-0.2, -0.15) is 0 Å². The van der Waals surface area contributed by atoms with E-state index in [1.165, 1.54) is 0 Å². The highest BCUT2D eigenvalue weighted by atomic mass is 35.5. The summed E-state index contributed by atoms with van der Waals surface area (Å²) in [4.78, 5) is 14.2. The first-order valence-corrected chi connectivity index (χ1v) is 8.42. The van der Waals surface area contributed by atoms with Gasteiger partial charge in [-0.05, 0) is 43.2 Å². The van der Waals surface area contributed by atoms with Crippen LogP contribution in [0.2, 0.25) is 10.0 Å². The lowest BCUT2D eigenvalue weighted by molar-refractivity contribution is 0.199. The first kappa shape index (κ1) is 18.6. The van der Waals surface area contributed by atoms with Crippen LogP contribution in [0.5, 0.6) is 0 Å². The third-order valence-electron chi connectivity index (χ3n) is 3.53. The van der Waals surface area contributed by atoms with E-state index in [1.54, 1.807) is 17.0 Å². The van der Waals surface area contributed by atoms with Gasteiger partial charge in [0.15, 0.2) is 0 Å². The molecule has 0 aromatic heterocycles. The molecular formula is C18H20Cl2N2O2. The summed E-state index contributed by atoms with van der Waals surface area (Å²) in [5, 5.41) is 12.9. The van der Waals surface area contributed by atoms with Crippen molar-refractivity contribution in [3.05, 3.63) is 63.6 Å². The van der Waals surface area contributed by atoms with Gasteiger partial charge in [-0.25, -0.2) is 4.79 Å². The van der Waals surface area contributed by atoms with E-state index in [-0.39, 0.29) is 12.6 Å². The number of aryl methyl sites for hydroxylation is 1. The largest absolute Gasteiger partial charge is 0.396 e. The Balaban J connectivity index is 2.09. The van der Waals surface area contributed by atoms with Gasteiger partial charge in [0.1, 0.15) is 0 Å². The summed E-state index contributed by atoms with van der Waals surface area (Å²) in [5.74, 6) is 0. The molecule has 0 unspecified atom stereocenters. The van der Waals surface area contributed by atoms with Crippen LogP contribution < -0.4 is 5.32 Å². The number of amides is 2. The van der Waals surface area contributed by atoms with E-state index < -0.39 is 0 Å². The molecule has 0 saturated heterocycles. The number of aliphatic hydroxyl groups is 1. The van der Waals surface area contributed by atoms with Gasteiger partial charge in [-0.15, -0.1) is 0 Å². The first-order valence-electron chi connectivity index (χ1n) is 7.67. The Labute approximate surface area is 152 Å². The van der Waals surface area contributed by atoms with Crippen molar-refractivity contribution in [1.82, 2.24) is 4.90 Å². The van der Waals surface area contributed by atoms with E-state index in [0.717, 1.165) is 16.8 Å². The summed E-state index contributed by atoms with van der Waals surface area (Å²) in [6.45, 7) is 2.84. The van der Waals surface area contributed by atoms with Crippen molar-refractivity contribution >= 4 is 34.9 Å². The molecule has 0 aliphatic heterocycles. The molecule has 128 valence electrons. The average Bonchev–Trinajstić information content (AvgIpc) is 2.56. The molecular weight excluding hydrogens is 347 g/mol. The molecule has 0 aliphatic rings. The Morgan fingerprint density at radius 2 is 1.83 bits per heavy atom. The van der Waals surface area contributed by atoms with E-state index in [9.17, 15) is 4.79 Å². The topological polar surface area (TPSA) is 52.6 Å². The second-order valence-corrected chi connectivity index (χ2v) is 6.36. The molecule has 2 rings (SSSR count). The number of nitrogens with zero attached hydrogens (tertiary/aromatic N) is 1. The molecule has 24 heavy (non-hydrogen) atoms. The molecule has 0 atom stereocenters. The van der Waals surface area contributed by atoms with Crippen molar-refractivity contribution in [1.29, 1.82) is 0 Å². The Morgan fingerprint density at radius 1 is 1.12 bits per heavy atom. The van der Waals surface area contributed by atoms with Gasteiger partial charge in [0.05, 0.1) is 10.0 Å². The van der Waals surface area contributed by atoms with Crippen molar-refractivity contribution in [3.63, 3.8) is 0 Å². The van der Waals surface area contributed by atoms with Crippen LogP contribution in [0.4, 0.5) is 10.5 Å². The van der Waals surface area contributed by atoms with Crippen molar-refractivity contribution in [2.24, 2.45) is 0 Å². The van der Waals surface area contributed by atoms with Crippen LogP contribution >= 0.6 is 23.2 Å². The molecule has 2 aromatic carbocycles. The average molecular weight is 367 g/mol. The highest BCUT2D eigenvalue weighted by Crippen LogP contribution is 2.23. The predicted molar refractivity (Wildman–Crippen MR) is 98.8 cm³/mol. The molecule has 4 nitrogen and oxygen atoms in total. The minimum Gasteiger partial charge on any atom is -0.396 e. The number of hydrogen-bond acceptors (Lipinski definition) is 2. The quantitative estimate of drug-likeness (QED) is 0.776. The second kappa shape index (κ2) is 8.92. The molecule has 0 bridgehead atoms. The van der Waals surface area contributed by atoms with Gasteiger partial charge in [-0.3, -0.25) is 0 Å². The van der Waals surface area contributed by atoms with Crippen LogP contribution in [0.25, 0.3) is 0 Å². The van der Waals surface area contributed by atoms with Crippen molar-refractivity contribution < 1.29 is 9.90 Å². The molecule has 6 heteroatoms. The molecule has 0 saturated carbocycles. The van der Waals surface area contributed by atoms with Gasteiger partial charge in [0.25, 0.3) is 0 Å². The molecule has 0 spiro atoms. The lowest BCUT2D eigenvalue weighted by atomic mass is 10.2. The SMILES string of the molecule is Cc1ccc(NC(=O)N(CCCO)Cc2ccc(Cl)c(Cl)c2)cc1. The van der Waals surface area contributed by atoms with Crippen molar-refractivity contribution in [3.8, 4) is 0 Å². The highest BCUT2D eigenvalue weighted by molar-refractivity contribution is 6.42. The molecule has 2 amide bonds. The van der Waals surface area contributed by atoms with Gasteiger partial charge in [0.2, 0.25) is 0 Å². The van der Waals surface area contributed by atoms with Gasteiger partial charge < -0.3 is 15.3 Å². The van der Waals surface area contributed by atoms with E-state index in [1.807, 2.05) is 37.3 Å². The Hall–Kier alpha value is -1.75. The highest BCUT2D eigenvalue weighted by Gasteiger charge is 2.14. The lowest BCUT2D eigenvalue weighted by Gasteiger charge is -2.23. The number of anilines is 1. The standard InChI is InChI=1S/C18H20Cl2N2O2/c1-13-3-6-15(7-4-13)21-18(24)22(9-2-10-23)12-14-5-8-16(19)17(20)11-14/h3-8,11,23H,2,9-10,12H2,1H3,(H,21,24). The predicted octanol–water partition coefficient (Wildman–Crippen LogP) is 4.72. The maximum Gasteiger partial charge on any atom is 0.322 e. The summed E-state index contributed by atoms with van der Waals surface area (Å²) in [6, 6.07) is 12.7. The number of aliphatic hydroxyl groups excluding tert-OH is 1. The number of halogens is 2. The maximum absolute atomic E-state index is 12.5. The fourth-order valence-electron chi connectivity index (χ4n) is 2.21. The summed E-state index contributed by atoms with van der Waals surface area (Å²) in [6.07, 6.45) is 0.503. The van der Waals surface area contributed by atoms with Crippen LogP contribution in [0, 0.1) is 6.92 Å². The number of carbonyl (C=O) groups is 1. The maximum atomic E-state index is 12.5. The minimum absolute atomic E-state index is 0.0235. The zero-order chi connectivity index (χ0) is 17.5. The van der Waals surface area contributed by atoms with Gasteiger partial charge in [0, 0.05) is 25.4 Å². The Bertz CT molecular complexity index is 690. The number of rotatable bonds is 6. The fourth-order valence-corrected chi connectivity index (χ4v) is 2.53. The second-order valence-electron chi connectivity index (χ2n) is 5.54. The molecule has 0 aliphatic carbocycles. The minimum atomic E-state index is -0.224. The van der Waals surface area contributed by atoms with E-state index in [0.29, 0.717) is 29.6 Å². The third-order valence-corrected chi connectivity index (χ3v) is 4.27. The summed E-state index contributed by atoms with van der Waals surface area (Å²) < 4.78 is 0. The Morgan fingerprint density at radius 3 is 2.46 bits per heavy atom. The summed E-state index contributed by atoms with van der Waals surface area (Å²) >= 11 is 12.0. The zero-order valence-electron chi connectivity index (χ0n) is 13.4. The normalized spacial score (nSPS) is 10.5. The summed E-state index contributed by atoms with van der Waals surface area (Å²) in [5.41, 5.74) is 2.73. The molecule has 0 radical (unpaired) electrons. The van der Waals surface area contributed by atoms with Crippen LogP contribution in [0.1, 0.15) is 17.5 Å². The number of nitrogens with one attached hydrogen (secondary N) is 1. The molecule has 2 N–H and O–H groups in total. The van der Waals surface area contributed by atoms with Gasteiger partial charge >= 0.3 is 6.03 Å². The van der Waals surface area contributed by atoms with Crippen LogP contribution in [-0.2, 0) is 6.54 Å². The molecule has 2 aromatic rings. The van der Waals surface area contributed by atoms with Crippen LogP contribution in [0.15, 0.2) is 42.5 Å². The summed E-state index contributed by atoms with van der Waals surface area (Å²) in [7, 11) is 0. The zero-order valence-corrected chi connectivity index (χ0v) is 14.9. The molecule has 0 heterocycles. The third kappa shape index (κ3) is 5.41. The monoisotopic (exact) mass is 366 g/mol. The van der Waals surface area contributed by atoms with E-state index in [2.05, 4.69) is 5.32 Å². The lowest BCUT2D eigenvalue weighted by Crippen LogP contribution is -2.35. The Kier molecular flexibility index (Phi) is 6.91.